The highest BCUT2D eigenvalue weighted by Crippen LogP contribution is 2.42. The summed E-state index contributed by atoms with van der Waals surface area (Å²) < 4.78 is 28.2. The predicted octanol–water partition coefficient (Wildman–Crippen LogP) is 5.05. The minimum absolute atomic E-state index is 0.169. The maximum Gasteiger partial charge on any atom is 0.277 e. The van der Waals surface area contributed by atoms with E-state index in [1.165, 1.54) is 5.01 Å². The van der Waals surface area contributed by atoms with E-state index in [-0.39, 0.29) is 22.5 Å². The number of rotatable bonds is 4. The first kappa shape index (κ1) is 22.9. The molecule has 0 saturated carbocycles. The smallest absolute Gasteiger partial charge is 0.277 e. The summed E-state index contributed by atoms with van der Waals surface area (Å²) >= 11 is 6.25. The Morgan fingerprint density at radius 3 is 2.53 bits per heavy atom. The lowest BCUT2D eigenvalue weighted by Gasteiger charge is -2.46. The minimum Gasteiger partial charge on any atom is -0.509 e. The van der Waals surface area contributed by atoms with Crippen molar-refractivity contribution in [2.24, 2.45) is 0 Å². The molecule has 0 spiro atoms. The number of nitrogens with one attached hydrogen (secondary N) is 1. The Balaban J connectivity index is 1.71. The number of halogens is 4. The van der Waals surface area contributed by atoms with Gasteiger partial charge in [0.25, 0.3) is 11.8 Å². The molecule has 2 aromatic carbocycles. The van der Waals surface area contributed by atoms with E-state index in [1.807, 2.05) is 24.3 Å². The number of carbonyl (C=O) groups is 2. The molecule has 2 N–H and O–H groups in total. The van der Waals surface area contributed by atoms with Gasteiger partial charge in [0.05, 0.1) is 16.6 Å². The van der Waals surface area contributed by atoms with Gasteiger partial charge in [0, 0.05) is 16.7 Å². The van der Waals surface area contributed by atoms with Crippen molar-refractivity contribution in [2.75, 3.05) is 11.9 Å². The van der Waals surface area contributed by atoms with Crippen LogP contribution >= 0.6 is 31.9 Å². The van der Waals surface area contributed by atoms with E-state index in [9.17, 15) is 23.5 Å². The van der Waals surface area contributed by atoms with E-state index in [2.05, 4.69) is 37.2 Å². The van der Waals surface area contributed by atoms with Gasteiger partial charge in [-0.3, -0.25) is 14.6 Å². The number of hydrogen-bond acceptors (Lipinski definition) is 4. The molecule has 2 aromatic rings. The second kappa shape index (κ2) is 8.57. The van der Waals surface area contributed by atoms with Gasteiger partial charge in [0.1, 0.15) is 23.0 Å². The first-order chi connectivity index (χ1) is 15.1. The van der Waals surface area contributed by atoms with Crippen LogP contribution in [0.25, 0.3) is 0 Å². The topological polar surface area (TPSA) is 72.9 Å². The summed E-state index contributed by atoms with van der Waals surface area (Å²) in [7, 11) is 0. The van der Waals surface area contributed by atoms with Crippen LogP contribution in [0.4, 0.5) is 14.5 Å². The van der Waals surface area contributed by atoms with Crippen LogP contribution < -0.4 is 5.32 Å². The van der Waals surface area contributed by atoms with Gasteiger partial charge in [-0.15, -0.1) is 0 Å². The molecule has 1 saturated heterocycles. The SMILES string of the molecule is CC12CCCN1N(Cc1ccccc1Br)C(=O)C(C(=O)Nc1cc(F)c(Br)c(F)c1)=C2O. The van der Waals surface area contributed by atoms with Gasteiger partial charge in [-0.05, 0) is 59.5 Å². The van der Waals surface area contributed by atoms with Crippen molar-refractivity contribution in [3.05, 3.63) is 73.9 Å². The number of amides is 2. The van der Waals surface area contributed by atoms with E-state index in [1.54, 1.807) is 11.9 Å². The van der Waals surface area contributed by atoms with Gasteiger partial charge in [0.2, 0.25) is 0 Å². The van der Waals surface area contributed by atoms with Crippen LogP contribution in [-0.4, -0.2) is 39.0 Å². The van der Waals surface area contributed by atoms with Crippen LogP contribution in [0.5, 0.6) is 0 Å². The summed E-state index contributed by atoms with van der Waals surface area (Å²) in [4.78, 5) is 26.4. The quantitative estimate of drug-likeness (QED) is 0.398. The molecule has 2 aliphatic heterocycles. The number of fused-ring (bicyclic) bond motifs is 1. The Bertz CT molecular complexity index is 1130. The summed E-state index contributed by atoms with van der Waals surface area (Å²) in [6.07, 6.45) is 1.26. The number of benzene rings is 2. The molecule has 10 heteroatoms. The fourth-order valence-corrected chi connectivity index (χ4v) is 4.80. The molecule has 168 valence electrons. The lowest BCUT2D eigenvalue weighted by atomic mass is 9.90. The lowest BCUT2D eigenvalue weighted by Crippen LogP contribution is -2.60. The van der Waals surface area contributed by atoms with Crippen molar-refractivity contribution in [1.29, 1.82) is 0 Å². The van der Waals surface area contributed by atoms with Gasteiger partial charge in [-0.1, -0.05) is 34.1 Å². The molecule has 32 heavy (non-hydrogen) atoms. The van der Waals surface area contributed by atoms with Gasteiger partial charge in [-0.25, -0.2) is 13.8 Å². The van der Waals surface area contributed by atoms with Crippen LogP contribution in [0.3, 0.4) is 0 Å². The molecule has 4 rings (SSSR count). The van der Waals surface area contributed by atoms with E-state index in [4.69, 9.17) is 0 Å². The number of nitrogens with zero attached hydrogens (tertiary/aromatic N) is 2. The van der Waals surface area contributed by atoms with Crippen LogP contribution in [-0.2, 0) is 16.1 Å². The molecule has 0 aliphatic carbocycles. The molecule has 1 atom stereocenters. The number of hydrogen-bond donors (Lipinski definition) is 2. The molecule has 2 aliphatic rings. The highest BCUT2D eigenvalue weighted by atomic mass is 79.9. The molecule has 1 fully saturated rings. The number of anilines is 1. The molecule has 0 bridgehead atoms. The number of carbonyl (C=O) groups excluding carboxylic acids is 2. The van der Waals surface area contributed by atoms with Gasteiger partial charge < -0.3 is 10.4 Å². The van der Waals surface area contributed by atoms with Crippen LogP contribution in [0.15, 0.2) is 56.7 Å². The normalized spacial score (nSPS) is 21.2. The third kappa shape index (κ3) is 3.84. The minimum atomic E-state index is -0.946. The molecule has 2 amide bonds. The molecule has 1 unspecified atom stereocenters. The van der Waals surface area contributed by atoms with Crippen molar-refractivity contribution in [2.45, 2.75) is 31.8 Å². The highest BCUT2D eigenvalue weighted by molar-refractivity contribution is 9.10. The van der Waals surface area contributed by atoms with Crippen molar-refractivity contribution < 1.29 is 23.5 Å². The monoisotopic (exact) mass is 569 g/mol. The predicted molar refractivity (Wildman–Crippen MR) is 121 cm³/mol. The number of hydrazine groups is 1. The Hall–Kier alpha value is -2.30. The Labute approximate surface area is 200 Å². The standard InChI is InChI=1S/C22H19Br2F2N3O3/c1-22-7-4-8-29(22)28(11-12-5-2-3-6-14(12)23)21(32)17(19(22)30)20(31)27-13-9-15(25)18(24)16(26)10-13/h2-3,5-6,9-10,30H,4,7-8,11H2,1H3,(H,27,31). The molecular weight excluding hydrogens is 552 g/mol. The largest absolute Gasteiger partial charge is 0.509 e. The Kier molecular flexibility index (Phi) is 6.12. The molecule has 6 nitrogen and oxygen atoms in total. The summed E-state index contributed by atoms with van der Waals surface area (Å²) in [5.41, 5.74) is -0.731. The van der Waals surface area contributed by atoms with Crippen molar-refractivity contribution >= 4 is 49.4 Å². The second-order valence-electron chi connectivity index (χ2n) is 7.89. The van der Waals surface area contributed by atoms with Gasteiger partial charge >= 0.3 is 0 Å². The molecule has 0 aromatic heterocycles. The third-order valence-corrected chi connectivity index (χ3v) is 7.37. The maximum absolute atomic E-state index is 13.9. The lowest BCUT2D eigenvalue weighted by molar-refractivity contribution is -0.160. The number of aliphatic hydroxyl groups excluding tert-OH is 1. The van der Waals surface area contributed by atoms with Gasteiger partial charge in [0.15, 0.2) is 0 Å². The Morgan fingerprint density at radius 1 is 1.22 bits per heavy atom. The average Bonchev–Trinajstić information content (AvgIpc) is 3.14. The zero-order valence-corrected chi connectivity index (χ0v) is 20.1. The number of aliphatic hydroxyl groups is 1. The first-order valence-corrected chi connectivity index (χ1v) is 11.4. The summed E-state index contributed by atoms with van der Waals surface area (Å²) in [5.74, 6) is -3.78. The fraction of sp³-hybridized carbons (Fsp3) is 0.273. The van der Waals surface area contributed by atoms with Crippen molar-refractivity contribution in [1.82, 2.24) is 10.0 Å². The first-order valence-electron chi connectivity index (χ1n) is 9.86. The van der Waals surface area contributed by atoms with Crippen molar-refractivity contribution in [3.8, 4) is 0 Å². The highest BCUT2D eigenvalue weighted by Gasteiger charge is 2.52. The van der Waals surface area contributed by atoms with Crippen LogP contribution in [0.2, 0.25) is 0 Å². The Morgan fingerprint density at radius 2 is 1.88 bits per heavy atom. The second-order valence-corrected chi connectivity index (χ2v) is 9.53. The average molecular weight is 571 g/mol. The molecule has 0 radical (unpaired) electrons. The van der Waals surface area contributed by atoms with Gasteiger partial charge in [-0.2, -0.15) is 0 Å². The molecular formula is C22H19Br2F2N3O3. The van der Waals surface area contributed by atoms with Crippen molar-refractivity contribution in [3.63, 3.8) is 0 Å². The summed E-state index contributed by atoms with van der Waals surface area (Å²) in [5, 5.41) is 16.5. The van der Waals surface area contributed by atoms with Crippen LogP contribution in [0, 0.1) is 11.6 Å². The summed E-state index contributed by atoms with van der Waals surface area (Å²) in [6.45, 7) is 2.48. The summed E-state index contributed by atoms with van der Waals surface area (Å²) in [6, 6.07) is 9.26. The van der Waals surface area contributed by atoms with E-state index in [0.29, 0.717) is 13.0 Å². The van der Waals surface area contributed by atoms with E-state index >= 15 is 0 Å². The van der Waals surface area contributed by atoms with Crippen LogP contribution in [0.1, 0.15) is 25.3 Å². The fourth-order valence-electron chi connectivity index (χ4n) is 4.16. The third-order valence-electron chi connectivity index (χ3n) is 5.84. The van der Waals surface area contributed by atoms with E-state index < -0.39 is 34.6 Å². The maximum atomic E-state index is 13.9. The zero-order chi connectivity index (χ0) is 23.2. The van der Waals surface area contributed by atoms with E-state index in [0.717, 1.165) is 28.6 Å². The zero-order valence-electron chi connectivity index (χ0n) is 17.0. The molecule has 2 heterocycles.